The third-order valence-electron chi connectivity index (χ3n) is 6.62. The molecule has 0 saturated heterocycles. The summed E-state index contributed by atoms with van der Waals surface area (Å²) in [6.45, 7) is 8.85. The quantitative estimate of drug-likeness (QED) is 0.338. The summed E-state index contributed by atoms with van der Waals surface area (Å²) in [5, 5.41) is 0. The molecule has 0 bridgehead atoms. The maximum Gasteiger partial charge on any atom is 0.156 e. The maximum atomic E-state index is 4.59. The molecule has 2 N–H and O–H groups in total. The Kier molecular flexibility index (Phi) is 5.36. The van der Waals surface area contributed by atoms with Crippen LogP contribution in [0.1, 0.15) is 50.2 Å². The molecule has 4 aromatic heterocycles. The van der Waals surface area contributed by atoms with Crippen molar-refractivity contribution < 1.29 is 0 Å². The Morgan fingerprint density at radius 2 is 1.03 bits per heavy atom. The fourth-order valence-corrected chi connectivity index (χ4v) is 4.15. The normalized spacial score (nSPS) is 12.1. The summed E-state index contributed by atoms with van der Waals surface area (Å²) in [4.78, 5) is 25.0. The fraction of sp³-hybridized carbons (Fsp3) is 0.214. The van der Waals surface area contributed by atoms with E-state index in [1.165, 1.54) is 11.1 Å². The highest BCUT2D eigenvalue weighted by molar-refractivity contribution is 5.52. The Morgan fingerprint density at radius 3 is 1.44 bits per heavy atom. The van der Waals surface area contributed by atoms with Crippen molar-refractivity contribution in [1.29, 1.82) is 0 Å². The minimum absolute atomic E-state index is 0.265. The SMILES string of the molecule is CC(C)(c1cccc(C(C)(C)c2cnc(-c3ccccn3)[nH]2)c1)c1cnc(-c2ccccn2)[nH]1. The molecule has 0 aliphatic heterocycles. The van der Waals surface area contributed by atoms with Gasteiger partial charge in [-0.05, 0) is 35.4 Å². The average molecular weight is 449 g/mol. The standard InChI is InChI=1S/C28H28N6/c1-27(2,23-17-31-25(33-23)21-12-5-7-14-29-21)19-10-9-11-20(16-19)28(3,4)24-18-32-26(34-24)22-13-6-8-15-30-22/h5-18H,1-4H3,(H,31,33)(H,32,34). The first kappa shape index (κ1) is 21.8. The van der Waals surface area contributed by atoms with Crippen LogP contribution in [-0.2, 0) is 10.8 Å². The first-order valence-electron chi connectivity index (χ1n) is 11.4. The maximum absolute atomic E-state index is 4.59. The van der Waals surface area contributed by atoms with Gasteiger partial charge in [0, 0.05) is 47.0 Å². The smallest absolute Gasteiger partial charge is 0.156 e. The number of aromatic nitrogens is 6. The lowest BCUT2D eigenvalue weighted by Gasteiger charge is -2.28. The number of H-pyrrole nitrogens is 2. The minimum atomic E-state index is -0.265. The lowest BCUT2D eigenvalue weighted by Crippen LogP contribution is -2.23. The monoisotopic (exact) mass is 448 g/mol. The molecule has 0 spiro atoms. The molecule has 6 nitrogen and oxygen atoms in total. The Balaban J connectivity index is 1.46. The molecule has 0 aliphatic carbocycles. The van der Waals surface area contributed by atoms with Crippen molar-refractivity contribution in [2.75, 3.05) is 0 Å². The molecule has 0 atom stereocenters. The summed E-state index contributed by atoms with van der Waals surface area (Å²) >= 11 is 0. The molecule has 34 heavy (non-hydrogen) atoms. The van der Waals surface area contributed by atoms with Crippen LogP contribution in [0.25, 0.3) is 23.0 Å². The van der Waals surface area contributed by atoms with Gasteiger partial charge in [0.2, 0.25) is 0 Å². The Hall–Kier alpha value is -4.06. The average Bonchev–Trinajstić information content (AvgIpc) is 3.57. The number of aromatic amines is 2. The summed E-state index contributed by atoms with van der Waals surface area (Å²) in [6, 6.07) is 20.4. The number of benzene rings is 1. The Morgan fingerprint density at radius 1 is 0.559 bits per heavy atom. The number of nitrogens with one attached hydrogen (secondary N) is 2. The molecule has 0 fully saturated rings. The molecule has 170 valence electrons. The summed E-state index contributed by atoms with van der Waals surface area (Å²) in [7, 11) is 0. The molecular formula is C28H28N6. The van der Waals surface area contributed by atoms with E-state index in [0.29, 0.717) is 0 Å². The largest absolute Gasteiger partial charge is 0.340 e. The minimum Gasteiger partial charge on any atom is -0.340 e. The molecule has 1 aromatic carbocycles. The van der Waals surface area contributed by atoms with Gasteiger partial charge in [-0.2, -0.15) is 0 Å². The van der Waals surface area contributed by atoms with Gasteiger partial charge in [0.25, 0.3) is 0 Å². The van der Waals surface area contributed by atoms with Gasteiger partial charge < -0.3 is 9.97 Å². The van der Waals surface area contributed by atoms with Gasteiger partial charge in [0.1, 0.15) is 11.4 Å². The third-order valence-corrected chi connectivity index (χ3v) is 6.62. The summed E-state index contributed by atoms with van der Waals surface area (Å²) in [5.74, 6) is 1.55. The van der Waals surface area contributed by atoms with E-state index in [0.717, 1.165) is 34.4 Å². The zero-order valence-corrected chi connectivity index (χ0v) is 19.9. The predicted octanol–water partition coefficient (Wildman–Crippen LogP) is 5.91. The van der Waals surface area contributed by atoms with Crippen molar-refractivity contribution in [2.45, 2.75) is 38.5 Å². The van der Waals surface area contributed by atoms with E-state index in [-0.39, 0.29) is 10.8 Å². The number of hydrogen-bond donors (Lipinski definition) is 2. The van der Waals surface area contributed by atoms with Crippen molar-refractivity contribution in [3.05, 3.63) is 108 Å². The van der Waals surface area contributed by atoms with Crippen molar-refractivity contribution in [1.82, 2.24) is 29.9 Å². The number of rotatable bonds is 6. The molecule has 4 heterocycles. The van der Waals surface area contributed by atoms with Crippen LogP contribution in [0.5, 0.6) is 0 Å². The molecule has 5 rings (SSSR count). The third kappa shape index (κ3) is 3.92. The summed E-state index contributed by atoms with van der Waals surface area (Å²) in [6.07, 6.45) is 7.39. The van der Waals surface area contributed by atoms with Crippen molar-refractivity contribution in [2.24, 2.45) is 0 Å². The highest BCUT2D eigenvalue weighted by Crippen LogP contribution is 2.36. The number of pyridine rings is 2. The van der Waals surface area contributed by atoms with Crippen molar-refractivity contribution in [3.63, 3.8) is 0 Å². The van der Waals surface area contributed by atoms with Gasteiger partial charge in [-0.15, -0.1) is 0 Å². The van der Waals surface area contributed by atoms with E-state index < -0.39 is 0 Å². The van der Waals surface area contributed by atoms with Gasteiger partial charge in [0.15, 0.2) is 11.6 Å². The molecule has 0 amide bonds. The zero-order chi connectivity index (χ0) is 23.8. The second-order valence-electron chi connectivity index (χ2n) is 9.55. The fourth-order valence-electron chi connectivity index (χ4n) is 4.15. The zero-order valence-electron chi connectivity index (χ0n) is 19.9. The second kappa shape index (κ2) is 8.37. The van der Waals surface area contributed by atoms with E-state index >= 15 is 0 Å². The van der Waals surface area contributed by atoms with E-state index in [9.17, 15) is 0 Å². The summed E-state index contributed by atoms with van der Waals surface area (Å²) in [5.41, 5.74) is 5.64. The van der Waals surface area contributed by atoms with Gasteiger partial charge in [-0.1, -0.05) is 64.1 Å². The van der Waals surface area contributed by atoms with Crippen LogP contribution in [0.2, 0.25) is 0 Å². The topological polar surface area (TPSA) is 83.1 Å². The van der Waals surface area contributed by atoms with Gasteiger partial charge in [-0.3, -0.25) is 9.97 Å². The van der Waals surface area contributed by atoms with Crippen LogP contribution in [0, 0.1) is 0 Å². The van der Waals surface area contributed by atoms with Gasteiger partial charge >= 0.3 is 0 Å². The highest BCUT2D eigenvalue weighted by Gasteiger charge is 2.30. The van der Waals surface area contributed by atoms with Crippen LogP contribution in [0.15, 0.2) is 85.5 Å². The lowest BCUT2D eigenvalue weighted by atomic mass is 9.76. The van der Waals surface area contributed by atoms with E-state index in [4.69, 9.17) is 0 Å². The molecular weight excluding hydrogens is 420 g/mol. The van der Waals surface area contributed by atoms with Crippen molar-refractivity contribution in [3.8, 4) is 23.0 Å². The van der Waals surface area contributed by atoms with Gasteiger partial charge in [0.05, 0.1) is 0 Å². The molecule has 5 aromatic rings. The molecule has 6 heteroatoms. The number of imidazole rings is 2. The Labute approximate surface area is 199 Å². The first-order chi connectivity index (χ1) is 16.4. The van der Waals surface area contributed by atoms with Crippen LogP contribution in [-0.4, -0.2) is 29.9 Å². The van der Waals surface area contributed by atoms with Gasteiger partial charge in [-0.25, -0.2) is 9.97 Å². The number of nitrogens with zero attached hydrogens (tertiary/aromatic N) is 4. The summed E-state index contributed by atoms with van der Waals surface area (Å²) < 4.78 is 0. The number of hydrogen-bond acceptors (Lipinski definition) is 4. The van der Waals surface area contributed by atoms with Crippen molar-refractivity contribution >= 4 is 0 Å². The molecule has 0 aliphatic rings. The highest BCUT2D eigenvalue weighted by atomic mass is 15.0. The van der Waals surface area contributed by atoms with Crippen LogP contribution >= 0.6 is 0 Å². The first-order valence-corrected chi connectivity index (χ1v) is 11.4. The lowest BCUT2D eigenvalue weighted by molar-refractivity contribution is 0.599. The van der Waals surface area contributed by atoms with E-state index in [2.05, 4.69) is 81.9 Å². The predicted molar refractivity (Wildman–Crippen MR) is 134 cm³/mol. The van der Waals surface area contributed by atoms with Crippen LogP contribution < -0.4 is 0 Å². The van der Waals surface area contributed by atoms with E-state index in [1.807, 2.05) is 48.8 Å². The molecule has 0 radical (unpaired) electrons. The second-order valence-corrected chi connectivity index (χ2v) is 9.55. The Bertz CT molecular complexity index is 1290. The van der Waals surface area contributed by atoms with Crippen LogP contribution in [0.4, 0.5) is 0 Å². The van der Waals surface area contributed by atoms with E-state index in [1.54, 1.807) is 12.4 Å². The molecule has 0 saturated carbocycles. The molecule has 0 unspecified atom stereocenters. The van der Waals surface area contributed by atoms with Crippen LogP contribution in [0.3, 0.4) is 0 Å².